The highest BCUT2D eigenvalue weighted by Gasteiger charge is 2.20. The number of benzene rings is 3. The first-order valence-corrected chi connectivity index (χ1v) is 9.68. The maximum absolute atomic E-state index is 5.24. The van der Waals surface area contributed by atoms with Crippen LogP contribution in [0.3, 0.4) is 0 Å². The van der Waals surface area contributed by atoms with Crippen molar-refractivity contribution in [3.63, 3.8) is 0 Å². The molecule has 1 heterocycles. The van der Waals surface area contributed by atoms with E-state index < -0.39 is 0 Å². The number of aliphatic imine (C=N–C) groups is 1. The Kier molecular flexibility index (Phi) is 5.26. The highest BCUT2D eigenvalue weighted by molar-refractivity contribution is 8.14. The second-order valence-electron chi connectivity index (χ2n) is 6.14. The Balaban J connectivity index is 1.65. The van der Waals surface area contributed by atoms with Crippen LogP contribution < -0.4 is 10.1 Å². The average molecular weight is 372 g/mol. The molecule has 1 aliphatic heterocycles. The molecule has 0 fully saturated rings. The second-order valence-corrected chi connectivity index (χ2v) is 7.27. The lowest BCUT2D eigenvalue weighted by Crippen LogP contribution is -2.13. The molecule has 27 heavy (non-hydrogen) atoms. The maximum Gasteiger partial charge on any atom is 0.167 e. The number of rotatable bonds is 4. The van der Waals surface area contributed by atoms with E-state index in [1.165, 1.54) is 5.56 Å². The monoisotopic (exact) mass is 372 g/mol. The summed E-state index contributed by atoms with van der Waals surface area (Å²) in [6.45, 7) is 0. The lowest BCUT2D eigenvalue weighted by atomic mass is 10.1. The normalized spacial score (nSPS) is 16.3. The summed E-state index contributed by atoms with van der Waals surface area (Å²) in [7, 11) is 1.67. The Morgan fingerprint density at radius 1 is 0.852 bits per heavy atom. The van der Waals surface area contributed by atoms with Crippen LogP contribution in [0.2, 0.25) is 0 Å². The standard InChI is InChI=1S/C23H20N2OS/c1-26-20-14-12-19(13-15-20)24-23-25-21(17-8-4-2-5-9-17)16-22(27-23)18-10-6-3-7-11-18/h2-16,22H,1H3,(H,24,25). The Morgan fingerprint density at radius 2 is 1.52 bits per heavy atom. The molecule has 3 aromatic rings. The van der Waals surface area contributed by atoms with E-state index in [0.29, 0.717) is 0 Å². The smallest absolute Gasteiger partial charge is 0.167 e. The van der Waals surface area contributed by atoms with Gasteiger partial charge in [-0.2, -0.15) is 0 Å². The van der Waals surface area contributed by atoms with Crippen molar-refractivity contribution < 1.29 is 4.74 Å². The zero-order chi connectivity index (χ0) is 18.5. The van der Waals surface area contributed by atoms with Crippen LogP contribution in [-0.4, -0.2) is 12.3 Å². The minimum atomic E-state index is 0.208. The largest absolute Gasteiger partial charge is 0.497 e. The summed E-state index contributed by atoms with van der Waals surface area (Å²) in [5.41, 5.74) is 4.36. The fourth-order valence-corrected chi connectivity index (χ4v) is 3.96. The van der Waals surface area contributed by atoms with Gasteiger partial charge < -0.3 is 10.1 Å². The van der Waals surface area contributed by atoms with Gasteiger partial charge in [0.15, 0.2) is 5.17 Å². The van der Waals surface area contributed by atoms with Gasteiger partial charge in [0.2, 0.25) is 0 Å². The van der Waals surface area contributed by atoms with Crippen molar-refractivity contribution in [3.05, 3.63) is 102 Å². The number of nitrogens with one attached hydrogen (secondary N) is 1. The van der Waals surface area contributed by atoms with Crippen molar-refractivity contribution in [1.29, 1.82) is 0 Å². The van der Waals surface area contributed by atoms with E-state index in [0.717, 1.165) is 27.9 Å². The summed E-state index contributed by atoms with van der Waals surface area (Å²) >= 11 is 1.72. The van der Waals surface area contributed by atoms with Crippen LogP contribution in [0.1, 0.15) is 16.4 Å². The number of hydrogen-bond donors (Lipinski definition) is 1. The lowest BCUT2D eigenvalue weighted by Gasteiger charge is -2.22. The van der Waals surface area contributed by atoms with Gasteiger partial charge in [-0.3, -0.25) is 0 Å². The van der Waals surface area contributed by atoms with Crippen molar-refractivity contribution >= 4 is 28.3 Å². The van der Waals surface area contributed by atoms with Gasteiger partial charge in [0.05, 0.1) is 18.1 Å². The van der Waals surface area contributed by atoms with Gasteiger partial charge in [-0.15, -0.1) is 0 Å². The minimum absolute atomic E-state index is 0.208. The van der Waals surface area contributed by atoms with E-state index >= 15 is 0 Å². The SMILES string of the molecule is COc1ccc(NC2=NC(c3ccccc3)=CC(c3ccccc3)S2)cc1. The van der Waals surface area contributed by atoms with Crippen LogP contribution in [-0.2, 0) is 0 Å². The summed E-state index contributed by atoms with van der Waals surface area (Å²) in [6, 6.07) is 28.7. The fourth-order valence-electron chi connectivity index (χ4n) is 2.90. The summed E-state index contributed by atoms with van der Waals surface area (Å²) in [4.78, 5) is 4.86. The topological polar surface area (TPSA) is 33.6 Å². The zero-order valence-electron chi connectivity index (χ0n) is 15.0. The molecule has 1 atom stereocenters. The Labute approximate surface area is 163 Å². The van der Waals surface area contributed by atoms with Gasteiger partial charge in [-0.05, 0) is 41.5 Å². The molecule has 0 spiro atoms. The van der Waals surface area contributed by atoms with E-state index in [-0.39, 0.29) is 5.25 Å². The third-order valence-electron chi connectivity index (χ3n) is 4.31. The third-order valence-corrected chi connectivity index (χ3v) is 5.39. The second kappa shape index (κ2) is 8.14. The van der Waals surface area contributed by atoms with Crippen LogP contribution in [0.15, 0.2) is 96.0 Å². The molecule has 0 saturated carbocycles. The first-order valence-electron chi connectivity index (χ1n) is 8.80. The molecule has 1 aliphatic rings. The van der Waals surface area contributed by atoms with Crippen molar-refractivity contribution in [2.75, 3.05) is 12.4 Å². The first-order chi connectivity index (χ1) is 13.3. The van der Waals surface area contributed by atoms with Gasteiger partial charge in [-0.1, -0.05) is 72.4 Å². The predicted octanol–water partition coefficient (Wildman–Crippen LogP) is 5.99. The van der Waals surface area contributed by atoms with Crippen molar-refractivity contribution in [1.82, 2.24) is 0 Å². The molecule has 0 bridgehead atoms. The van der Waals surface area contributed by atoms with Gasteiger partial charge in [0.25, 0.3) is 0 Å². The number of anilines is 1. The van der Waals surface area contributed by atoms with Gasteiger partial charge >= 0.3 is 0 Å². The quantitative estimate of drug-likeness (QED) is 0.610. The van der Waals surface area contributed by atoms with Crippen LogP contribution in [0, 0.1) is 0 Å². The molecule has 0 radical (unpaired) electrons. The highest BCUT2D eigenvalue weighted by atomic mass is 32.2. The van der Waals surface area contributed by atoms with Crippen molar-refractivity contribution in [2.24, 2.45) is 4.99 Å². The van der Waals surface area contributed by atoms with Gasteiger partial charge in [0, 0.05) is 5.69 Å². The molecule has 0 aromatic heterocycles. The Hall–Kier alpha value is -2.98. The van der Waals surface area contributed by atoms with Gasteiger partial charge in [0.1, 0.15) is 5.75 Å². The molecule has 0 amide bonds. The summed E-state index contributed by atoms with van der Waals surface area (Å²) in [5, 5.41) is 4.54. The van der Waals surface area contributed by atoms with E-state index in [1.807, 2.05) is 48.5 Å². The van der Waals surface area contributed by atoms with Crippen LogP contribution in [0.4, 0.5) is 5.69 Å². The summed E-state index contributed by atoms with van der Waals surface area (Å²) < 4.78 is 5.24. The van der Waals surface area contributed by atoms with Crippen LogP contribution >= 0.6 is 11.8 Å². The maximum atomic E-state index is 5.24. The van der Waals surface area contributed by atoms with Crippen LogP contribution in [0.25, 0.3) is 5.70 Å². The molecule has 3 nitrogen and oxygen atoms in total. The number of ether oxygens (including phenoxy) is 1. The highest BCUT2D eigenvalue weighted by Crippen LogP contribution is 2.39. The Morgan fingerprint density at radius 3 is 2.19 bits per heavy atom. The molecule has 0 aliphatic carbocycles. The summed E-state index contributed by atoms with van der Waals surface area (Å²) in [6.07, 6.45) is 2.23. The lowest BCUT2D eigenvalue weighted by molar-refractivity contribution is 0.415. The molecule has 3 aromatic carbocycles. The van der Waals surface area contributed by atoms with E-state index in [1.54, 1.807) is 18.9 Å². The molecule has 4 heteroatoms. The Bertz CT molecular complexity index is 951. The zero-order valence-corrected chi connectivity index (χ0v) is 15.8. The molecule has 4 rings (SSSR count). The molecule has 134 valence electrons. The van der Waals surface area contributed by atoms with E-state index in [9.17, 15) is 0 Å². The molecule has 1 unspecified atom stereocenters. The van der Waals surface area contributed by atoms with Crippen molar-refractivity contribution in [3.8, 4) is 5.75 Å². The van der Waals surface area contributed by atoms with Crippen LogP contribution in [0.5, 0.6) is 5.75 Å². The first kappa shape index (κ1) is 17.4. The molecule has 1 N–H and O–H groups in total. The number of nitrogens with zero attached hydrogens (tertiary/aromatic N) is 1. The predicted molar refractivity (Wildman–Crippen MR) is 115 cm³/mol. The van der Waals surface area contributed by atoms with E-state index in [4.69, 9.17) is 9.73 Å². The average Bonchev–Trinajstić information content (AvgIpc) is 2.75. The molecular formula is C23H20N2OS. The third kappa shape index (κ3) is 4.23. The summed E-state index contributed by atoms with van der Waals surface area (Å²) in [5.74, 6) is 0.839. The van der Waals surface area contributed by atoms with Gasteiger partial charge in [-0.25, -0.2) is 4.99 Å². The number of methoxy groups -OCH3 is 1. The minimum Gasteiger partial charge on any atom is -0.497 e. The fraction of sp³-hybridized carbons (Fsp3) is 0.0870. The number of thioether (sulfide) groups is 1. The molecule has 0 saturated heterocycles. The number of amidine groups is 1. The van der Waals surface area contributed by atoms with Crippen molar-refractivity contribution in [2.45, 2.75) is 5.25 Å². The molecular weight excluding hydrogens is 352 g/mol. The van der Waals surface area contributed by atoms with E-state index in [2.05, 4.69) is 47.8 Å². The number of hydrogen-bond acceptors (Lipinski definition) is 4.